The molecule has 0 unspecified atom stereocenters. The van der Waals surface area contributed by atoms with E-state index in [-0.39, 0.29) is 41.5 Å². The summed E-state index contributed by atoms with van der Waals surface area (Å²) in [6.07, 6.45) is 1.30. The number of ether oxygens (including phenoxy) is 3. The van der Waals surface area contributed by atoms with Crippen LogP contribution in [0.2, 0.25) is 0 Å². The minimum Gasteiger partial charge on any atom is -0.493 e. The summed E-state index contributed by atoms with van der Waals surface area (Å²) in [5.74, 6) is -1.67. The minimum atomic E-state index is -0.932. The molecular formula is C28H23N3O9. The smallest absolute Gasteiger partial charge is 0.338 e. The van der Waals surface area contributed by atoms with Crippen molar-refractivity contribution in [3.8, 4) is 11.5 Å². The number of non-ortho nitro benzene ring substituents is 1. The van der Waals surface area contributed by atoms with E-state index in [1.165, 1.54) is 55.7 Å². The van der Waals surface area contributed by atoms with Gasteiger partial charge in [-0.3, -0.25) is 25.0 Å². The SMILES string of the molecule is CCOC(=O)c1ccc(N2C(=O)NC(=O)/C(=C\c3ccc(OCc4cccc([N+](=O)[O-])c4)c(OC)c3)C2=O)cc1. The van der Waals surface area contributed by atoms with Crippen LogP contribution >= 0.6 is 0 Å². The summed E-state index contributed by atoms with van der Waals surface area (Å²) in [6, 6.07) is 15.4. The normalized spacial score (nSPS) is 14.1. The first-order valence-corrected chi connectivity index (χ1v) is 11.9. The first-order chi connectivity index (χ1) is 19.2. The van der Waals surface area contributed by atoms with E-state index in [0.717, 1.165) is 4.90 Å². The first-order valence-electron chi connectivity index (χ1n) is 11.9. The van der Waals surface area contributed by atoms with Crippen molar-refractivity contribution in [2.24, 2.45) is 0 Å². The maximum Gasteiger partial charge on any atom is 0.338 e. The third-order valence-electron chi connectivity index (χ3n) is 5.75. The van der Waals surface area contributed by atoms with Gasteiger partial charge in [-0.2, -0.15) is 0 Å². The minimum absolute atomic E-state index is 0.0331. The van der Waals surface area contributed by atoms with Crippen LogP contribution in [0.25, 0.3) is 6.08 Å². The topological polar surface area (TPSA) is 154 Å². The van der Waals surface area contributed by atoms with Crippen LogP contribution < -0.4 is 19.7 Å². The van der Waals surface area contributed by atoms with Gasteiger partial charge in [0.1, 0.15) is 12.2 Å². The summed E-state index contributed by atoms with van der Waals surface area (Å²) in [7, 11) is 1.41. The Morgan fingerprint density at radius 3 is 2.45 bits per heavy atom. The molecule has 204 valence electrons. The van der Waals surface area contributed by atoms with E-state index in [0.29, 0.717) is 16.9 Å². The molecule has 1 heterocycles. The Morgan fingerprint density at radius 1 is 1.02 bits per heavy atom. The molecule has 1 aliphatic heterocycles. The average Bonchev–Trinajstić information content (AvgIpc) is 2.95. The number of nitro groups is 1. The lowest BCUT2D eigenvalue weighted by Crippen LogP contribution is -2.54. The number of nitrogens with one attached hydrogen (secondary N) is 1. The van der Waals surface area contributed by atoms with Gasteiger partial charge >= 0.3 is 12.0 Å². The molecule has 1 aliphatic rings. The molecule has 40 heavy (non-hydrogen) atoms. The lowest BCUT2D eigenvalue weighted by Gasteiger charge is -2.26. The zero-order valence-corrected chi connectivity index (χ0v) is 21.4. The summed E-state index contributed by atoms with van der Waals surface area (Å²) in [5.41, 5.74) is 1.00. The number of carbonyl (C=O) groups excluding carboxylic acids is 4. The highest BCUT2D eigenvalue weighted by atomic mass is 16.6. The number of carbonyl (C=O) groups is 4. The molecule has 0 atom stereocenters. The Balaban J connectivity index is 1.55. The summed E-state index contributed by atoms with van der Waals surface area (Å²) in [5, 5.41) is 13.1. The predicted octanol–water partition coefficient (Wildman–Crippen LogP) is 4.03. The molecule has 1 saturated heterocycles. The fourth-order valence-corrected chi connectivity index (χ4v) is 3.83. The van der Waals surface area contributed by atoms with E-state index < -0.39 is 28.7 Å². The molecule has 12 heteroatoms. The lowest BCUT2D eigenvalue weighted by molar-refractivity contribution is -0.384. The van der Waals surface area contributed by atoms with Crippen molar-refractivity contribution >= 4 is 41.3 Å². The number of urea groups is 1. The number of barbiturate groups is 1. The molecule has 3 aromatic carbocycles. The molecule has 12 nitrogen and oxygen atoms in total. The number of hydrogen-bond acceptors (Lipinski definition) is 9. The van der Waals surface area contributed by atoms with Crippen molar-refractivity contribution in [2.75, 3.05) is 18.6 Å². The van der Waals surface area contributed by atoms with Crippen LogP contribution in [0.5, 0.6) is 11.5 Å². The zero-order valence-electron chi connectivity index (χ0n) is 21.4. The fraction of sp³-hybridized carbons (Fsp3) is 0.143. The number of nitrogens with zero attached hydrogens (tertiary/aromatic N) is 2. The highest BCUT2D eigenvalue weighted by Crippen LogP contribution is 2.31. The molecule has 1 fully saturated rings. The van der Waals surface area contributed by atoms with Crippen molar-refractivity contribution in [3.05, 3.63) is 99.1 Å². The number of amides is 4. The maximum absolute atomic E-state index is 13.2. The monoisotopic (exact) mass is 545 g/mol. The van der Waals surface area contributed by atoms with E-state index in [2.05, 4.69) is 5.32 Å². The van der Waals surface area contributed by atoms with Gasteiger partial charge in [0.05, 0.1) is 29.9 Å². The number of methoxy groups -OCH3 is 1. The van der Waals surface area contributed by atoms with E-state index in [1.54, 1.807) is 31.2 Å². The third kappa shape index (κ3) is 5.96. The summed E-state index contributed by atoms with van der Waals surface area (Å²) >= 11 is 0. The van der Waals surface area contributed by atoms with Crippen LogP contribution in [-0.2, 0) is 20.9 Å². The fourth-order valence-electron chi connectivity index (χ4n) is 3.83. The highest BCUT2D eigenvalue weighted by molar-refractivity contribution is 6.39. The molecule has 0 bridgehead atoms. The Kier molecular flexibility index (Phi) is 8.19. The Bertz CT molecular complexity index is 1530. The van der Waals surface area contributed by atoms with Gasteiger partial charge < -0.3 is 14.2 Å². The van der Waals surface area contributed by atoms with Crippen LogP contribution in [0.15, 0.2) is 72.3 Å². The van der Waals surface area contributed by atoms with Gasteiger partial charge in [0, 0.05) is 12.1 Å². The molecule has 4 rings (SSSR count). The van der Waals surface area contributed by atoms with Crippen molar-refractivity contribution in [3.63, 3.8) is 0 Å². The number of anilines is 1. The second-order valence-electron chi connectivity index (χ2n) is 8.35. The standard InChI is InChI=1S/C28H23N3O9/c1-3-39-27(34)19-8-10-20(11-9-19)30-26(33)22(25(32)29-28(30)35)14-17-7-12-23(24(15-17)38-2)40-16-18-5-4-6-21(13-18)31(36)37/h4-15H,3,16H2,1-2H3,(H,29,32,35)/b22-14+. The van der Waals surface area contributed by atoms with Crippen LogP contribution in [-0.4, -0.2) is 42.5 Å². The van der Waals surface area contributed by atoms with Crippen molar-refractivity contribution in [2.45, 2.75) is 13.5 Å². The molecule has 4 amide bonds. The average molecular weight is 546 g/mol. The number of rotatable bonds is 9. The van der Waals surface area contributed by atoms with Gasteiger partial charge in [-0.05, 0) is 60.5 Å². The Morgan fingerprint density at radius 2 is 1.77 bits per heavy atom. The van der Waals surface area contributed by atoms with Gasteiger partial charge in [-0.25, -0.2) is 14.5 Å². The molecule has 0 aliphatic carbocycles. The van der Waals surface area contributed by atoms with Crippen molar-refractivity contribution in [1.82, 2.24) is 5.32 Å². The molecule has 1 N–H and O–H groups in total. The van der Waals surface area contributed by atoms with Crippen LogP contribution in [0.4, 0.5) is 16.2 Å². The second kappa shape index (κ2) is 11.9. The quantitative estimate of drug-likeness (QED) is 0.138. The summed E-state index contributed by atoms with van der Waals surface area (Å²) in [4.78, 5) is 61.5. The zero-order chi connectivity index (χ0) is 28.8. The van der Waals surface area contributed by atoms with E-state index in [9.17, 15) is 29.3 Å². The first kappa shape index (κ1) is 27.5. The number of benzene rings is 3. The van der Waals surface area contributed by atoms with Crippen LogP contribution in [0.3, 0.4) is 0 Å². The van der Waals surface area contributed by atoms with E-state index in [1.807, 2.05) is 0 Å². The van der Waals surface area contributed by atoms with Crippen LogP contribution in [0.1, 0.15) is 28.4 Å². The predicted molar refractivity (Wildman–Crippen MR) is 142 cm³/mol. The number of imide groups is 2. The van der Waals surface area contributed by atoms with Crippen LogP contribution in [0, 0.1) is 10.1 Å². The maximum atomic E-state index is 13.2. The van der Waals surface area contributed by atoms with Gasteiger partial charge in [0.15, 0.2) is 11.5 Å². The van der Waals surface area contributed by atoms with Gasteiger partial charge in [0.25, 0.3) is 17.5 Å². The van der Waals surface area contributed by atoms with E-state index >= 15 is 0 Å². The molecule has 0 radical (unpaired) electrons. The molecular weight excluding hydrogens is 522 g/mol. The molecule has 0 saturated carbocycles. The van der Waals surface area contributed by atoms with E-state index in [4.69, 9.17) is 14.2 Å². The highest BCUT2D eigenvalue weighted by Gasteiger charge is 2.37. The number of nitro benzene ring substituents is 1. The lowest BCUT2D eigenvalue weighted by atomic mass is 10.1. The molecule has 0 aromatic heterocycles. The van der Waals surface area contributed by atoms with Gasteiger partial charge in [-0.15, -0.1) is 0 Å². The third-order valence-corrected chi connectivity index (χ3v) is 5.75. The molecule has 3 aromatic rings. The largest absolute Gasteiger partial charge is 0.493 e. The number of hydrogen-bond donors (Lipinski definition) is 1. The summed E-state index contributed by atoms with van der Waals surface area (Å²) in [6.45, 7) is 1.90. The van der Waals surface area contributed by atoms with Gasteiger partial charge in [0.2, 0.25) is 0 Å². The van der Waals surface area contributed by atoms with Gasteiger partial charge in [-0.1, -0.05) is 18.2 Å². The van der Waals surface area contributed by atoms with Crippen molar-refractivity contribution < 1.29 is 38.3 Å². The number of esters is 1. The second-order valence-corrected chi connectivity index (χ2v) is 8.35. The summed E-state index contributed by atoms with van der Waals surface area (Å²) < 4.78 is 16.1. The van der Waals surface area contributed by atoms with Crippen molar-refractivity contribution in [1.29, 1.82) is 0 Å². The Hall–Kier alpha value is -5.52. The Labute approximate surface area is 227 Å². The molecule has 0 spiro atoms.